The number of allylic oxidation sites excluding steroid dienone is 2. The molecule has 26 heavy (non-hydrogen) atoms. The second kappa shape index (κ2) is 8.27. The fraction of sp³-hybridized carbons (Fsp3) is 0.136. The monoisotopic (exact) mass is 472 g/mol. The van der Waals surface area contributed by atoms with Crippen molar-refractivity contribution in [3.05, 3.63) is 83.5 Å². The van der Waals surface area contributed by atoms with Crippen LogP contribution in [-0.2, 0) is 6.54 Å². The van der Waals surface area contributed by atoms with Crippen LogP contribution >= 0.6 is 11.8 Å². The Balaban J connectivity index is 0.00000196. The third-order valence-electron chi connectivity index (χ3n) is 4.57. The van der Waals surface area contributed by atoms with Crippen LogP contribution in [0.2, 0.25) is 0 Å². The van der Waals surface area contributed by atoms with E-state index in [1.807, 2.05) is 11.8 Å². The second-order valence-corrected chi connectivity index (χ2v) is 7.12. The van der Waals surface area contributed by atoms with Gasteiger partial charge < -0.3 is 28.9 Å². The summed E-state index contributed by atoms with van der Waals surface area (Å²) in [6.45, 7) is 3.15. The largest absolute Gasteiger partial charge is 1.00 e. The van der Waals surface area contributed by atoms with Gasteiger partial charge >= 0.3 is 0 Å². The molecule has 0 spiro atoms. The number of anilines is 1. The molecule has 2 aromatic carbocycles. The Labute approximate surface area is 176 Å². The molecule has 2 nitrogen and oxygen atoms in total. The number of aromatic nitrogens is 1. The van der Waals surface area contributed by atoms with E-state index in [1.54, 1.807) is 0 Å². The van der Waals surface area contributed by atoms with E-state index < -0.39 is 0 Å². The normalized spacial score (nSPS) is 14.8. The molecule has 1 aliphatic rings. The lowest BCUT2D eigenvalue weighted by atomic mass is 10.2. The van der Waals surface area contributed by atoms with Crippen molar-refractivity contribution in [3.63, 3.8) is 0 Å². The number of aryl methyl sites for hydroxylation is 1. The smallest absolute Gasteiger partial charge is 0.212 e. The molecule has 0 saturated heterocycles. The molecule has 1 aromatic heterocycles. The lowest BCUT2D eigenvalue weighted by Crippen LogP contribution is -3.00. The molecule has 0 radical (unpaired) electrons. The number of nitrogens with zero attached hydrogens (tertiary/aromatic N) is 2. The molecule has 4 rings (SSSR count). The summed E-state index contributed by atoms with van der Waals surface area (Å²) in [6.07, 6.45) is 6.54. The quantitative estimate of drug-likeness (QED) is 0.427. The average Bonchev–Trinajstić information content (AvgIpc) is 2.97. The number of hydrogen-bond donors (Lipinski definition) is 0. The summed E-state index contributed by atoms with van der Waals surface area (Å²) in [5, 5.41) is 2.53. The Kier molecular flexibility index (Phi) is 6.04. The number of halogens is 1. The highest BCUT2D eigenvalue weighted by molar-refractivity contribution is 8.03. The van der Waals surface area contributed by atoms with Crippen LogP contribution in [0.1, 0.15) is 12.6 Å². The van der Waals surface area contributed by atoms with Crippen molar-refractivity contribution in [1.82, 2.24) is 0 Å². The van der Waals surface area contributed by atoms with Crippen LogP contribution in [0.5, 0.6) is 0 Å². The van der Waals surface area contributed by atoms with Crippen LogP contribution in [0.25, 0.3) is 17.0 Å². The van der Waals surface area contributed by atoms with E-state index >= 15 is 0 Å². The van der Waals surface area contributed by atoms with E-state index in [4.69, 9.17) is 0 Å². The van der Waals surface area contributed by atoms with E-state index in [0.717, 1.165) is 6.54 Å². The maximum Gasteiger partial charge on any atom is 0.212 e. The molecule has 4 heteroatoms. The predicted molar refractivity (Wildman–Crippen MR) is 108 cm³/mol. The summed E-state index contributed by atoms with van der Waals surface area (Å²) in [4.78, 5) is 3.57. The summed E-state index contributed by atoms with van der Waals surface area (Å²) in [6, 6.07) is 21.5. The van der Waals surface area contributed by atoms with Crippen LogP contribution in [0.3, 0.4) is 0 Å². The number of rotatable bonds is 3. The standard InChI is InChI=1S/C22H21N2S.HI/c1-3-24-18(16-15-17-9-4-5-11-19(17)24)10-8-14-22-23(2)20-12-6-7-13-21(20)25-22;/h4-16H,3H2,1-2H3;1H/q+1;/p-1. The Bertz CT molecular complexity index is 994. The first kappa shape index (κ1) is 19.0. The molecular formula is C22H21IN2S. The number of hydrogen-bond acceptors (Lipinski definition) is 2. The molecule has 0 aliphatic carbocycles. The van der Waals surface area contributed by atoms with Crippen LogP contribution in [0.4, 0.5) is 5.69 Å². The minimum absolute atomic E-state index is 0. The van der Waals surface area contributed by atoms with Crippen LogP contribution in [-0.4, -0.2) is 7.05 Å². The Hall–Kier alpha value is -1.79. The molecule has 0 unspecified atom stereocenters. The number of para-hydroxylation sites is 2. The minimum atomic E-state index is 0. The van der Waals surface area contributed by atoms with Crippen LogP contribution < -0.4 is 33.4 Å². The van der Waals surface area contributed by atoms with Crippen molar-refractivity contribution in [2.45, 2.75) is 18.4 Å². The third-order valence-corrected chi connectivity index (χ3v) is 5.75. The zero-order valence-corrected chi connectivity index (χ0v) is 17.9. The molecule has 0 bridgehead atoms. The van der Waals surface area contributed by atoms with E-state index in [2.05, 4.69) is 102 Å². The van der Waals surface area contributed by atoms with Crippen molar-refractivity contribution in [3.8, 4) is 0 Å². The molecule has 0 N–H and O–H groups in total. The topological polar surface area (TPSA) is 7.12 Å². The second-order valence-electron chi connectivity index (χ2n) is 6.05. The van der Waals surface area contributed by atoms with Crippen LogP contribution in [0, 0.1) is 0 Å². The van der Waals surface area contributed by atoms with Gasteiger partial charge in [0.1, 0.15) is 6.54 Å². The molecule has 0 saturated carbocycles. The lowest BCUT2D eigenvalue weighted by molar-refractivity contribution is -0.669. The molecule has 3 aromatic rings. The average molecular weight is 472 g/mol. The van der Waals surface area contributed by atoms with Gasteiger partial charge in [-0.1, -0.05) is 42.1 Å². The highest BCUT2D eigenvalue weighted by Gasteiger charge is 2.20. The first-order valence-corrected chi connectivity index (χ1v) is 9.40. The Morgan fingerprint density at radius 3 is 2.58 bits per heavy atom. The van der Waals surface area contributed by atoms with Crippen molar-refractivity contribution < 1.29 is 28.5 Å². The molecular weight excluding hydrogens is 451 g/mol. The van der Waals surface area contributed by atoms with Gasteiger partial charge in [0.05, 0.1) is 10.7 Å². The van der Waals surface area contributed by atoms with Crippen molar-refractivity contribution in [2.75, 3.05) is 11.9 Å². The SMILES string of the molecule is CC[n+]1c(/C=C/C=C2/Sc3ccccc3N2C)ccc2ccccc21.[I-]. The summed E-state index contributed by atoms with van der Waals surface area (Å²) in [7, 11) is 2.13. The van der Waals surface area contributed by atoms with Gasteiger partial charge in [-0.25, -0.2) is 0 Å². The zero-order valence-electron chi connectivity index (χ0n) is 14.9. The molecule has 1 aliphatic heterocycles. The molecule has 0 atom stereocenters. The Morgan fingerprint density at radius 2 is 1.77 bits per heavy atom. The predicted octanol–water partition coefficient (Wildman–Crippen LogP) is 2.25. The minimum Gasteiger partial charge on any atom is -1.00 e. The summed E-state index contributed by atoms with van der Waals surface area (Å²) < 4.78 is 2.35. The van der Waals surface area contributed by atoms with E-state index in [0.29, 0.717) is 0 Å². The molecule has 132 valence electrons. The number of fused-ring (bicyclic) bond motifs is 2. The van der Waals surface area contributed by atoms with Gasteiger partial charge in [0.2, 0.25) is 11.2 Å². The van der Waals surface area contributed by atoms with Crippen LogP contribution in [0.15, 0.2) is 82.7 Å². The number of benzene rings is 2. The number of thioether (sulfide) groups is 1. The van der Waals surface area contributed by atoms with Gasteiger partial charge in [0.15, 0.2) is 0 Å². The maximum atomic E-state index is 2.35. The first-order valence-electron chi connectivity index (χ1n) is 8.58. The van der Waals surface area contributed by atoms with E-state index in [-0.39, 0.29) is 24.0 Å². The highest BCUT2D eigenvalue weighted by atomic mass is 127. The highest BCUT2D eigenvalue weighted by Crippen LogP contribution is 2.44. The van der Waals surface area contributed by atoms with Gasteiger partial charge in [-0.15, -0.1) is 0 Å². The van der Waals surface area contributed by atoms with Gasteiger partial charge in [-0.3, -0.25) is 0 Å². The zero-order chi connectivity index (χ0) is 17.2. The van der Waals surface area contributed by atoms with E-state index in [1.165, 1.54) is 32.2 Å². The Morgan fingerprint density at radius 1 is 1.00 bits per heavy atom. The molecule has 2 heterocycles. The summed E-state index contributed by atoms with van der Waals surface area (Å²) in [5.41, 5.74) is 3.78. The molecule has 0 fully saturated rings. The van der Waals surface area contributed by atoms with Gasteiger partial charge in [0, 0.05) is 35.5 Å². The molecule has 0 amide bonds. The third kappa shape index (κ3) is 3.53. The van der Waals surface area contributed by atoms with Gasteiger partial charge in [-0.05, 0) is 37.3 Å². The van der Waals surface area contributed by atoms with Gasteiger partial charge in [-0.2, -0.15) is 4.57 Å². The van der Waals surface area contributed by atoms with Crippen molar-refractivity contribution in [2.24, 2.45) is 0 Å². The summed E-state index contributed by atoms with van der Waals surface area (Å²) in [5.74, 6) is 0. The lowest BCUT2D eigenvalue weighted by Gasteiger charge is -2.12. The summed E-state index contributed by atoms with van der Waals surface area (Å²) >= 11 is 1.82. The van der Waals surface area contributed by atoms with Gasteiger partial charge in [0.25, 0.3) is 0 Å². The first-order chi connectivity index (χ1) is 12.3. The van der Waals surface area contributed by atoms with E-state index in [9.17, 15) is 0 Å². The maximum absolute atomic E-state index is 2.35. The fourth-order valence-corrected chi connectivity index (χ4v) is 4.34. The van der Waals surface area contributed by atoms with Crippen molar-refractivity contribution >= 4 is 34.4 Å². The van der Waals surface area contributed by atoms with Crippen molar-refractivity contribution in [1.29, 1.82) is 0 Å². The number of pyridine rings is 1. The fourth-order valence-electron chi connectivity index (χ4n) is 3.27.